The summed E-state index contributed by atoms with van der Waals surface area (Å²) in [5, 5.41) is 17.9. The number of benzene rings is 1. The fraction of sp³-hybridized carbons (Fsp3) is 0.333. The van der Waals surface area contributed by atoms with Crippen LogP contribution >= 0.6 is 0 Å². The Labute approximate surface area is 79.8 Å². The third-order valence-corrected chi connectivity index (χ3v) is 2.00. The molecule has 3 nitrogen and oxygen atoms in total. The number of phenols is 1. The highest BCUT2D eigenvalue weighted by molar-refractivity contribution is 5.34. The molecule has 1 atom stereocenters. The lowest BCUT2D eigenvalue weighted by atomic mass is 9.94. The van der Waals surface area contributed by atoms with Crippen LogP contribution in [0.2, 0.25) is 0 Å². The second-order valence-corrected chi connectivity index (χ2v) is 3.37. The zero-order chi connectivity index (χ0) is 10.9. The summed E-state index contributed by atoms with van der Waals surface area (Å²) in [5.74, 6) is -3.32. The molecule has 1 aromatic carbocycles. The Kier molecular flexibility index (Phi) is 2.73. The first kappa shape index (κ1) is 10.9. The summed E-state index contributed by atoms with van der Waals surface area (Å²) in [5.41, 5.74) is 4.51. The second kappa shape index (κ2) is 3.51. The molecule has 0 unspecified atom stereocenters. The molecule has 0 saturated heterocycles. The van der Waals surface area contributed by atoms with E-state index < -0.39 is 29.5 Å². The van der Waals surface area contributed by atoms with Crippen LogP contribution in [0.5, 0.6) is 5.75 Å². The Balaban J connectivity index is 3.26. The van der Waals surface area contributed by atoms with Crippen molar-refractivity contribution in [1.29, 1.82) is 0 Å². The van der Waals surface area contributed by atoms with Crippen LogP contribution in [-0.4, -0.2) is 16.8 Å². The molecule has 0 fully saturated rings. The van der Waals surface area contributed by atoms with Gasteiger partial charge in [0.25, 0.3) is 0 Å². The minimum Gasteiger partial charge on any atom is -0.505 e. The second-order valence-electron chi connectivity index (χ2n) is 3.37. The largest absolute Gasteiger partial charge is 0.505 e. The van der Waals surface area contributed by atoms with E-state index in [4.69, 9.17) is 15.9 Å². The number of aromatic hydroxyl groups is 1. The number of hydrogen-bond donors (Lipinski definition) is 3. The number of halogens is 2. The van der Waals surface area contributed by atoms with Gasteiger partial charge in [-0.1, -0.05) is 0 Å². The van der Waals surface area contributed by atoms with E-state index in [1.165, 1.54) is 6.92 Å². The molecule has 1 aromatic rings. The maximum Gasteiger partial charge on any atom is 0.200 e. The quantitative estimate of drug-likeness (QED) is 0.667. The lowest BCUT2D eigenvalue weighted by molar-refractivity contribution is 0.209. The minimum atomic E-state index is -1.32. The van der Waals surface area contributed by atoms with E-state index in [-0.39, 0.29) is 5.56 Å². The smallest absolute Gasteiger partial charge is 0.200 e. The molecule has 0 amide bonds. The number of hydrogen-bond acceptors (Lipinski definition) is 3. The summed E-state index contributed by atoms with van der Waals surface area (Å²) in [6, 6.07) is 1.85. The molecule has 1 rings (SSSR count). The molecule has 0 aromatic heterocycles. The van der Waals surface area contributed by atoms with Crippen LogP contribution in [0, 0.1) is 11.6 Å². The molecule has 0 aliphatic carbocycles. The van der Waals surface area contributed by atoms with Gasteiger partial charge in [0.2, 0.25) is 0 Å². The highest BCUT2D eigenvalue weighted by atomic mass is 19.2. The van der Waals surface area contributed by atoms with Crippen LogP contribution in [0.25, 0.3) is 0 Å². The Bertz CT molecular complexity index is 330. The van der Waals surface area contributed by atoms with Gasteiger partial charge in [0, 0.05) is 0 Å². The maximum atomic E-state index is 12.8. The molecule has 5 heteroatoms. The van der Waals surface area contributed by atoms with Crippen LogP contribution in [0.1, 0.15) is 12.5 Å². The van der Waals surface area contributed by atoms with E-state index in [9.17, 15) is 8.78 Å². The molecule has 0 heterocycles. The van der Waals surface area contributed by atoms with Crippen molar-refractivity contribution in [2.45, 2.75) is 12.5 Å². The van der Waals surface area contributed by atoms with E-state index >= 15 is 0 Å². The molecule has 0 aliphatic rings. The Morgan fingerprint density at radius 2 is 2.00 bits per heavy atom. The van der Waals surface area contributed by atoms with E-state index in [0.29, 0.717) is 0 Å². The molecule has 4 N–H and O–H groups in total. The summed E-state index contributed by atoms with van der Waals surface area (Å²) in [6.07, 6.45) is 0. The van der Waals surface area contributed by atoms with Crippen LogP contribution in [0.3, 0.4) is 0 Å². The van der Waals surface area contributed by atoms with Crippen molar-refractivity contribution >= 4 is 0 Å². The Hall–Kier alpha value is -1.20. The van der Waals surface area contributed by atoms with Crippen molar-refractivity contribution < 1.29 is 19.0 Å². The van der Waals surface area contributed by atoms with Gasteiger partial charge in [0.05, 0.1) is 12.1 Å². The van der Waals surface area contributed by atoms with Gasteiger partial charge in [-0.3, -0.25) is 0 Å². The first-order valence-electron chi connectivity index (χ1n) is 3.96. The van der Waals surface area contributed by atoms with Crippen molar-refractivity contribution in [3.63, 3.8) is 0 Å². The average Bonchev–Trinajstić information content (AvgIpc) is 2.13. The predicted octanol–water partition coefficient (Wildman–Crippen LogP) is 0.837. The van der Waals surface area contributed by atoms with Gasteiger partial charge >= 0.3 is 0 Å². The van der Waals surface area contributed by atoms with E-state index in [1.807, 2.05) is 0 Å². The first-order chi connectivity index (χ1) is 6.38. The summed E-state index contributed by atoms with van der Waals surface area (Å²) in [6.45, 7) is 1.01. The molecule has 0 saturated carbocycles. The van der Waals surface area contributed by atoms with Crippen LogP contribution in [0.15, 0.2) is 12.1 Å². The monoisotopic (exact) mass is 203 g/mol. The lowest BCUT2D eigenvalue weighted by Crippen LogP contribution is -2.37. The van der Waals surface area contributed by atoms with Gasteiger partial charge in [-0.05, 0) is 24.6 Å². The van der Waals surface area contributed by atoms with E-state index in [2.05, 4.69) is 0 Å². The molecule has 0 bridgehead atoms. The highest BCUT2D eigenvalue weighted by Gasteiger charge is 2.23. The van der Waals surface area contributed by atoms with Crippen molar-refractivity contribution in [1.82, 2.24) is 0 Å². The van der Waals surface area contributed by atoms with Crippen LogP contribution in [-0.2, 0) is 5.54 Å². The number of rotatable bonds is 2. The number of nitrogens with two attached hydrogens (primary N) is 1. The summed E-state index contributed by atoms with van der Waals surface area (Å²) < 4.78 is 25.5. The van der Waals surface area contributed by atoms with Crippen molar-refractivity contribution in [3.05, 3.63) is 29.3 Å². The zero-order valence-electron chi connectivity index (χ0n) is 7.59. The summed E-state index contributed by atoms with van der Waals surface area (Å²) >= 11 is 0. The van der Waals surface area contributed by atoms with Crippen LogP contribution in [0.4, 0.5) is 8.78 Å². The molecular formula is C9H11F2NO2. The van der Waals surface area contributed by atoms with Crippen molar-refractivity contribution in [2.75, 3.05) is 6.61 Å². The number of aliphatic hydroxyl groups excluding tert-OH is 1. The van der Waals surface area contributed by atoms with Crippen molar-refractivity contribution in [2.24, 2.45) is 5.73 Å². The topological polar surface area (TPSA) is 66.5 Å². The number of aliphatic hydroxyl groups is 1. The molecule has 78 valence electrons. The maximum absolute atomic E-state index is 12.8. The fourth-order valence-electron chi connectivity index (χ4n) is 0.996. The average molecular weight is 203 g/mol. The summed E-state index contributed by atoms with van der Waals surface area (Å²) in [7, 11) is 0. The molecular weight excluding hydrogens is 192 g/mol. The molecule has 0 aliphatic heterocycles. The fourth-order valence-corrected chi connectivity index (χ4v) is 0.996. The van der Waals surface area contributed by atoms with E-state index in [0.717, 1.165) is 12.1 Å². The van der Waals surface area contributed by atoms with Gasteiger partial charge in [0.1, 0.15) is 0 Å². The number of phenolic OH excluding ortho intramolecular Hbond substituents is 1. The molecule has 0 radical (unpaired) electrons. The molecule has 14 heavy (non-hydrogen) atoms. The zero-order valence-corrected chi connectivity index (χ0v) is 7.59. The Morgan fingerprint density at radius 3 is 2.43 bits per heavy atom. The van der Waals surface area contributed by atoms with Gasteiger partial charge in [-0.2, -0.15) is 4.39 Å². The van der Waals surface area contributed by atoms with Gasteiger partial charge in [-0.15, -0.1) is 0 Å². The Morgan fingerprint density at radius 1 is 1.43 bits per heavy atom. The predicted molar refractivity (Wildman–Crippen MR) is 46.6 cm³/mol. The van der Waals surface area contributed by atoms with E-state index in [1.54, 1.807) is 0 Å². The third-order valence-electron chi connectivity index (χ3n) is 2.00. The standard InChI is InChI=1S/C9H11F2NO2/c1-9(12,4-13)5-2-6(10)8(11)7(14)3-5/h2-3,13-14H,4,12H2,1H3/t9-/m0/s1. The SMILES string of the molecule is C[C@](N)(CO)c1cc(O)c(F)c(F)c1. The van der Waals surface area contributed by atoms with Gasteiger partial charge < -0.3 is 15.9 Å². The molecule has 0 spiro atoms. The van der Waals surface area contributed by atoms with Crippen LogP contribution < -0.4 is 5.73 Å². The normalized spacial score (nSPS) is 15.2. The van der Waals surface area contributed by atoms with Gasteiger partial charge in [0.15, 0.2) is 17.4 Å². The first-order valence-corrected chi connectivity index (χ1v) is 3.96. The lowest BCUT2D eigenvalue weighted by Gasteiger charge is -2.22. The van der Waals surface area contributed by atoms with Gasteiger partial charge in [-0.25, -0.2) is 4.39 Å². The third kappa shape index (κ3) is 1.83. The van der Waals surface area contributed by atoms with Crippen molar-refractivity contribution in [3.8, 4) is 5.75 Å². The summed E-state index contributed by atoms with van der Waals surface area (Å²) in [4.78, 5) is 0. The minimum absolute atomic E-state index is 0.136. The highest BCUT2D eigenvalue weighted by Crippen LogP contribution is 2.26.